The normalized spacial score (nSPS) is 12.3. The molecule has 3 aromatic heterocycles. The maximum atomic E-state index is 13.2. The molecule has 1 aliphatic heterocycles. The molecule has 0 N–H and O–H groups in total. The molecule has 30 heavy (non-hydrogen) atoms. The van der Waals surface area contributed by atoms with Crippen LogP contribution in [0.4, 0.5) is 23.2 Å². The molecular formula is C19H13F4IrN6. The van der Waals surface area contributed by atoms with Crippen molar-refractivity contribution >= 4 is 12.0 Å². The van der Waals surface area contributed by atoms with E-state index >= 15 is 0 Å². The average Bonchev–Trinajstić information content (AvgIpc) is 3.08. The molecule has 1 aliphatic rings. The Kier molecular flexibility index (Phi) is 7.96. The molecule has 3 aromatic rings. The first-order chi connectivity index (χ1) is 13.8. The van der Waals surface area contributed by atoms with Gasteiger partial charge in [-0.25, -0.2) is 8.78 Å². The minimum atomic E-state index is -0.936. The second-order valence-corrected chi connectivity index (χ2v) is 5.83. The Balaban J connectivity index is 0.000000207. The van der Waals surface area contributed by atoms with Crippen molar-refractivity contribution in [3.8, 4) is 11.3 Å². The second kappa shape index (κ2) is 10.2. The SMILES string of the molecule is CN1C=NN(c2[c-]cc(F)nc2F)[CH-]1.Cc1ccnc(-c2[c-]cc(F)nc2F)c1.[Ir+3]. The number of aromatic nitrogens is 3. The molecule has 0 amide bonds. The number of hydrogen-bond acceptors (Lipinski definition) is 6. The molecule has 4 rings (SSSR count). The Bertz CT molecular complexity index is 1050. The van der Waals surface area contributed by atoms with Crippen LogP contribution in [0, 0.1) is 49.5 Å². The number of rotatable bonds is 2. The van der Waals surface area contributed by atoms with Crippen LogP contribution in [0.25, 0.3) is 11.3 Å². The van der Waals surface area contributed by atoms with Gasteiger partial charge in [-0.1, -0.05) is 23.3 Å². The van der Waals surface area contributed by atoms with Crippen molar-refractivity contribution in [1.82, 2.24) is 19.9 Å². The predicted octanol–water partition coefficient (Wildman–Crippen LogP) is 3.50. The van der Waals surface area contributed by atoms with Crippen LogP contribution in [-0.2, 0) is 20.1 Å². The molecule has 0 aliphatic carbocycles. The fourth-order valence-corrected chi connectivity index (χ4v) is 2.24. The first-order valence-corrected chi connectivity index (χ1v) is 8.14. The van der Waals surface area contributed by atoms with Crippen molar-refractivity contribution in [3.05, 3.63) is 78.6 Å². The number of aryl methyl sites for hydroxylation is 1. The molecule has 0 saturated carbocycles. The van der Waals surface area contributed by atoms with E-state index in [1.807, 2.05) is 6.92 Å². The second-order valence-electron chi connectivity index (χ2n) is 5.83. The van der Waals surface area contributed by atoms with Crippen LogP contribution in [0.15, 0.2) is 35.6 Å². The third-order valence-electron chi connectivity index (χ3n) is 3.53. The topological polar surface area (TPSA) is 57.5 Å². The van der Waals surface area contributed by atoms with Crippen LogP contribution in [0.5, 0.6) is 0 Å². The fraction of sp³-hybridized carbons (Fsp3) is 0.105. The van der Waals surface area contributed by atoms with Crippen molar-refractivity contribution in [2.24, 2.45) is 5.10 Å². The summed E-state index contributed by atoms with van der Waals surface area (Å²) in [4.78, 5) is 11.7. The number of pyridine rings is 3. The van der Waals surface area contributed by atoms with Crippen LogP contribution in [0.3, 0.4) is 0 Å². The van der Waals surface area contributed by atoms with Gasteiger partial charge in [-0.2, -0.15) is 11.2 Å². The van der Waals surface area contributed by atoms with Crippen LogP contribution in [0.1, 0.15) is 5.56 Å². The van der Waals surface area contributed by atoms with Gasteiger partial charge in [0.05, 0.1) is 12.3 Å². The van der Waals surface area contributed by atoms with Gasteiger partial charge < -0.3 is 19.9 Å². The van der Waals surface area contributed by atoms with E-state index in [0.29, 0.717) is 5.69 Å². The van der Waals surface area contributed by atoms with E-state index < -0.39 is 23.8 Å². The number of hydrogen-bond donors (Lipinski definition) is 0. The predicted molar refractivity (Wildman–Crippen MR) is 97.0 cm³/mol. The summed E-state index contributed by atoms with van der Waals surface area (Å²) in [5.74, 6) is -3.62. The zero-order valence-corrected chi connectivity index (χ0v) is 18.0. The van der Waals surface area contributed by atoms with Gasteiger partial charge in [0.15, 0.2) is 0 Å². The van der Waals surface area contributed by atoms with Gasteiger partial charge in [0, 0.05) is 6.20 Å². The minimum Gasteiger partial charge on any atom is -0.493 e. The Morgan fingerprint density at radius 3 is 2.23 bits per heavy atom. The zero-order chi connectivity index (χ0) is 21.0. The van der Waals surface area contributed by atoms with E-state index in [1.165, 1.54) is 18.0 Å². The first kappa shape index (κ1) is 23.4. The summed E-state index contributed by atoms with van der Waals surface area (Å²) in [6.07, 6.45) is 3.04. The fourth-order valence-electron chi connectivity index (χ4n) is 2.24. The first-order valence-electron chi connectivity index (χ1n) is 8.14. The minimum absolute atomic E-state index is 0. The van der Waals surface area contributed by atoms with E-state index in [-0.39, 0.29) is 31.4 Å². The van der Waals surface area contributed by atoms with E-state index in [9.17, 15) is 17.6 Å². The van der Waals surface area contributed by atoms with Gasteiger partial charge >= 0.3 is 20.1 Å². The van der Waals surface area contributed by atoms with Crippen LogP contribution in [0.2, 0.25) is 0 Å². The van der Waals surface area contributed by atoms with Crippen molar-refractivity contribution in [2.75, 3.05) is 12.1 Å². The maximum Gasteiger partial charge on any atom is 3.00 e. The summed E-state index contributed by atoms with van der Waals surface area (Å²) in [6, 6.07) is 10.3. The molecule has 0 fully saturated rings. The Morgan fingerprint density at radius 2 is 1.67 bits per heavy atom. The number of nitrogens with zero attached hydrogens (tertiary/aromatic N) is 6. The van der Waals surface area contributed by atoms with E-state index in [1.54, 1.807) is 30.3 Å². The Hall–Kier alpha value is -2.91. The Labute approximate surface area is 183 Å². The largest absolute Gasteiger partial charge is 3.00 e. The van der Waals surface area contributed by atoms with Crippen LogP contribution < -0.4 is 5.01 Å². The van der Waals surface area contributed by atoms with Crippen LogP contribution in [-0.4, -0.2) is 33.2 Å². The smallest absolute Gasteiger partial charge is 0.493 e. The molecular weight excluding hydrogens is 580 g/mol. The van der Waals surface area contributed by atoms with Crippen molar-refractivity contribution < 1.29 is 37.7 Å². The third-order valence-corrected chi connectivity index (χ3v) is 3.53. The van der Waals surface area contributed by atoms with Crippen molar-refractivity contribution in [3.63, 3.8) is 0 Å². The van der Waals surface area contributed by atoms with Gasteiger partial charge in [-0.3, -0.25) is 13.8 Å². The average molecular weight is 594 g/mol. The molecule has 11 heteroatoms. The molecule has 0 atom stereocenters. The van der Waals surface area contributed by atoms with Gasteiger partial charge in [-0.05, 0) is 31.4 Å². The van der Waals surface area contributed by atoms with E-state index in [4.69, 9.17) is 0 Å². The summed E-state index contributed by atoms with van der Waals surface area (Å²) in [5, 5.41) is 5.05. The number of halogens is 4. The number of anilines is 1. The van der Waals surface area contributed by atoms with Gasteiger partial charge in [0.1, 0.15) is 17.8 Å². The summed E-state index contributed by atoms with van der Waals surface area (Å²) in [6.45, 7) is 3.38. The summed E-state index contributed by atoms with van der Waals surface area (Å²) in [5.41, 5.74) is 1.42. The molecule has 0 bridgehead atoms. The zero-order valence-electron chi connectivity index (χ0n) is 15.6. The summed E-state index contributed by atoms with van der Waals surface area (Å²) >= 11 is 0. The Morgan fingerprint density at radius 1 is 1.00 bits per heavy atom. The molecule has 156 valence electrons. The van der Waals surface area contributed by atoms with Gasteiger partial charge in [0.2, 0.25) is 0 Å². The molecule has 0 saturated heterocycles. The molecule has 0 aromatic carbocycles. The maximum absolute atomic E-state index is 13.2. The van der Waals surface area contributed by atoms with E-state index in [2.05, 4.69) is 32.2 Å². The third kappa shape index (κ3) is 5.80. The summed E-state index contributed by atoms with van der Waals surface area (Å²) in [7, 11) is 1.73. The summed E-state index contributed by atoms with van der Waals surface area (Å²) < 4.78 is 51.3. The van der Waals surface area contributed by atoms with E-state index in [0.717, 1.165) is 17.7 Å². The standard InChI is InChI=1S/C11H7F2N2.C8H6F2N4.Ir/c1-7-4-5-14-9(6-7)8-2-3-10(12)15-11(8)13;1-13-4-11-14(5-13)6-2-3-7(9)12-8(6)10;/h3-6H,1H3;3-5H,1H3;/q-1;-2;+3. The molecule has 0 spiro atoms. The van der Waals surface area contributed by atoms with Gasteiger partial charge in [0.25, 0.3) is 0 Å². The van der Waals surface area contributed by atoms with Gasteiger partial charge in [-0.15, -0.1) is 18.8 Å². The molecule has 0 unspecified atom stereocenters. The van der Waals surface area contributed by atoms with Crippen molar-refractivity contribution in [1.29, 1.82) is 0 Å². The molecule has 0 radical (unpaired) electrons. The molecule has 6 nitrogen and oxygen atoms in total. The van der Waals surface area contributed by atoms with Crippen molar-refractivity contribution in [2.45, 2.75) is 6.92 Å². The van der Waals surface area contributed by atoms with Crippen LogP contribution >= 0.6 is 0 Å². The monoisotopic (exact) mass is 594 g/mol. The quantitative estimate of drug-likeness (QED) is 0.259. The molecule has 4 heterocycles. The number of hydrazone groups is 1.